The summed E-state index contributed by atoms with van der Waals surface area (Å²) in [5.41, 5.74) is 0. The van der Waals surface area contributed by atoms with E-state index in [0.29, 0.717) is 24.7 Å². The van der Waals surface area contributed by atoms with Gasteiger partial charge >= 0.3 is 5.97 Å². The van der Waals surface area contributed by atoms with Crippen molar-refractivity contribution in [3.63, 3.8) is 0 Å². The van der Waals surface area contributed by atoms with Crippen LogP contribution in [0.1, 0.15) is 50.5 Å². The van der Waals surface area contributed by atoms with E-state index in [2.05, 4.69) is 12.2 Å². The molecule has 1 aliphatic carbocycles. The third-order valence-electron chi connectivity index (χ3n) is 3.80. The number of carbonyl (C=O) groups is 2. The highest BCUT2D eigenvalue weighted by Crippen LogP contribution is 2.47. The summed E-state index contributed by atoms with van der Waals surface area (Å²) in [7, 11) is 0. The Balaban J connectivity index is 1.78. The first-order chi connectivity index (χ1) is 9.51. The van der Waals surface area contributed by atoms with Gasteiger partial charge in [-0.2, -0.15) is 0 Å². The van der Waals surface area contributed by atoms with Crippen LogP contribution < -0.4 is 5.32 Å². The lowest BCUT2D eigenvalue weighted by atomic mass is 10.2. The van der Waals surface area contributed by atoms with Gasteiger partial charge in [0.15, 0.2) is 0 Å². The van der Waals surface area contributed by atoms with Crippen LogP contribution in [0.3, 0.4) is 0 Å². The van der Waals surface area contributed by atoms with Crippen molar-refractivity contribution >= 4 is 11.9 Å². The Labute approximate surface area is 118 Å². The Kier molecular flexibility index (Phi) is 4.47. The summed E-state index contributed by atoms with van der Waals surface area (Å²) < 4.78 is 5.71. The first-order valence-electron chi connectivity index (χ1n) is 7.12. The SMILES string of the molecule is CCC(NC(=O)CCc1ccc(C2CC2C)o1)C(=O)O. The zero-order chi connectivity index (χ0) is 14.7. The topological polar surface area (TPSA) is 79.5 Å². The highest BCUT2D eigenvalue weighted by atomic mass is 16.4. The minimum absolute atomic E-state index is 0.247. The average molecular weight is 279 g/mol. The van der Waals surface area contributed by atoms with Crippen LogP contribution in [-0.2, 0) is 16.0 Å². The van der Waals surface area contributed by atoms with E-state index in [-0.39, 0.29) is 12.3 Å². The molecule has 1 saturated carbocycles. The van der Waals surface area contributed by atoms with Gasteiger partial charge in [-0.3, -0.25) is 4.79 Å². The maximum atomic E-state index is 11.7. The minimum atomic E-state index is -0.996. The zero-order valence-corrected chi connectivity index (χ0v) is 11.9. The van der Waals surface area contributed by atoms with Gasteiger partial charge in [0.25, 0.3) is 0 Å². The number of carboxylic acids is 1. The summed E-state index contributed by atoms with van der Waals surface area (Å²) in [5.74, 6) is 1.77. The molecule has 0 aromatic carbocycles. The summed E-state index contributed by atoms with van der Waals surface area (Å²) in [5, 5.41) is 11.4. The van der Waals surface area contributed by atoms with Gasteiger partial charge in [-0.15, -0.1) is 0 Å². The van der Waals surface area contributed by atoms with E-state index in [1.54, 1.807) is 6.92 Å². The summed E-state index contributed by atoms with van der Waals surface area (Å²) in [6.07, 6.45) is 2.30. The molecule has 0 spiro atoms. The molecule has 1 aromatic heterocycles. The number of hydrogen-bond acceptors (Lipinski definition) is 3. The standard InChI is InChI=1S/C15H21NO4/c1-3-12(15(18)19)16-14(17)7-5-10-4-6-13(20-10)11-8-9(11)2/h4,6,9,11-12H,3,5,7-8H2,1-2H3,(H,16,17)(H,18,19). The normalized spacial score (nSPS) is 22.3. The molecule has 1 aromatic rings. The van der Waals surface area contributed by atoms with Gasteiger partial charge in [0, 0.05) is 18.8 Å². The van der Waals surface area contributed by atoms with E-state index in [1.807, 2.05) is 12.1 Å². The van der Waals surface area contributed by atoms with Crippen molar-refractivity contribution in [2.45, 2.75) is 51.5 Å². The van der Waals surface area contributed by atoms with Gasteiger partial charge < -0.3 is 14.8 Å². The third-order valence-corrected chi connectivity index (χ3v) is 3.80. The van der Waals surface area contributed by atoms with Gasteiger partial charge in [0.05, 0.1) is 0 Å². The predicted octanol–water partition coefficient (Wildman–Crippen LogP) is 2.31. The molecule has 1 heterocycles. The molecule has 1 aliphatic rings. The Morgan fingerprint density at radius 1 is 1.50 bits per heavy atom. The Bertz CT molecular complexity index is 494. The van der Waals surface area contributed by atoms with Gasteiger partial charge in [0.1, 0.15) is 17.6 Å². The molecule has 1 fully saturated rings. The summed E-state index contributed by atoms with van der Waals surface area (Å²) in [6.45, 7) is 3.92. The Morgan fingerprint density at radius 2 is 2.20 bits per heavy atom. The molecule has 0 bridgehead atoms. The quantitative estimate of drug-likeness (QED) is 0.802. The fraction of sp³-hybridized carbons (Fsp3) is 0.600. The van der Waals surface area contributed by atoms with Crippen LogP contribution in [0.2, 0.25) is 0 Å². The fourth-order valence-corrected chi connectivity index (χ4v) is 2.29. The molecule has 2 N–H and O–H groups in total. The molecule has 5 heteroatoms. The van der Waals surface area contributed by atoms with Gasteiger partial charge in [-0.1, -0.05) is 13.8 Å². The van der Waals surface area contributed by atoms with Crippen molar-refractivity contribution in [1.29, 1.82) is 0 Å². The zero-order valence-electron chi connectivity index (χ0n) is 11.9. The van der Waals surface area contributed by atoms with Crippen molar-refractivity contribution in [3.8, 4) is 0 Å². The molecule has 0 aliphatic heterocycles. The summed E-state index contributed by atoms with van der Waals surface area (Å²) in [4.78, 5) is 22.5. The predicted molar refractivity (Wildman–Crippen MR) is 73.4 cm³/mol. The first kappa shape index (κ1) is 14.6. The molecule has 5 nitrogen and oxygen atoms in total. The van der Waals surface area contributed by atoms with Gasteiger partial charge in [-0.05, 0) is 30.9 Å². The fourth-order valence-electron chi connectivity index (χ4n) is 2.29. The number of furan rings is 1. The molecule has 1 amide bonds. The molecule has 3 unspecified atom stereocenters. The van der Waals surface area contributed by atoms with Gasteiger partial charge in [-0.25, -0.2) is 4.79 Å². The van der Waals surface area contributed by atoms with Crippen LogP contribution in [0.5, 0.6) is 0 Å². The molecule has 110 valence electrons. The second-order valence-electron chi connectivity index (χ2n) is 5.49. The number of hydrogen-bond donors (Lipinski definition) is 2. The second-order valence-corrected chi connectivity index (χ2v) is 5.49. The van der Waals surface area contributed by atoms with Crippen molar-refractivity contribution < 1.29 is 19.1 Å². The van der Waals surface area contributed by atoms with Crippen LogP contribution in [0.25, 0.3) is 0 Å². The molecule has 3 atom stereocenters. The van der Waals surface area contributed by atoms with E-state index >= 15 is 0 Å². The minimum Gasteiger partial charge on any atom is -0.480 e. The van der Waals surface area contributed by atoms with Crippen LogP contribution in [0, 0.1) is 5.92 Å². The number of rotatable bonds is 7. The van der Waals surface area contributed by atoms with E-state index in [1.165, 1.54) is 6.42 Å². The van der Waals surface area contributed by atoms with Crippen LogP contribution in [-0.4, -0.2) is 23.0 Å². The number of aryl methyl sites for hydroxylation is 1. The first-order valence-corrected chi connectivity index (χ1v) is 7.12. The van der Waals surface area contributed by atoms with E-state index < -0.39 is 12.0 Å². The number of nitrogens with one attached hydrogen (secondary N) is 1. The van der Waals surface area contributed by atoms with Gasteiger partial charge in [0.2, 0.25) is 5.91 Å². The number of amides is 1. The maximum absolute atomic E-state index is 11.7. The smallest absolute Gasteiger partial charge is 0.326 e. The molecule has 20 heavy (non-hydrogen) atoms. The Hall–Kier alpha value is -1.78. The van der Waals surface area contributed by atoms with Crippen molar-refractivity contribution in [2.24, 2.45) is 5.92 Å². The lowest BCUT2D eigenvalue weighted by Gasteiger charge is -2.11. The summed E-state index contributed by atoms with van der Waals surface area (Å²) in [6, 6.07) is 3.08. The highest BCUT2D eigenvalue weighted by molar-refractivity contribution is 5.83. The third kappa shape index (κ3) is 3.62. The molecule has 0 radical (unpaired) electrons. The lowest BCUT2D eigenvalue weighted by molar-refractivity contribution is -0.141. The number of carboxylic acid groups (broad SMARTS) is 1. The van der Waals surface area contributed by atoms with Crippen molar-refractivity contribution in [1.82, 2.24) is 5.32 Å². The number of carbonyl (C=O) groups excluding carboxylic acids is 1. The maximum Gasteiger partial charge on any atom is 0.326 e. The van der Waals surface area contributed by atoms with Crippen molar-refractivity contribution in [2.75, 3.05) is 0 Å². The van der Waals surface area contributed by atoms with E-state index in [0.717, 1.165) is 11.5 Å². The highest BCUT2D eigenvalue weighted by Gasteiger charge is 2.36. The molecule has 0 saturated heterocycles. The Morgan fingerprint density at radius 3 is 2.75 bits per heavy atom. The molecular formula is C15H21NO4. The van der Waals surface area contributed by atoms with Crippen LogP contribution in [0.4, 0.5) is 0 Å². The second kappa shape index (κ2) is 6.11. The summed E-state index contributed by atoms with van der Waals surface area (Å²) >= 11 is 0. The largest absolute Gasteiger partial charge is 0.480 e. The van der Waals surface area contributed by atoms with Crippen LogP contribution in [0.15, 0.2) is 16.5 Å². The van der Waals surface area contributed by atoms with E-state index in [4.69, 9.17) is 9.52 Å². The van der Waals surface area contributed by atoms with Crippen LogP contribution >= 0.6 is 0 Å². The molecule has 2 rings (SSSR count). The van der Waals surface area contributed by atoms with E-state index in [9.17, 15) is 9.59 Å². The average Bonchev–Trinajstić information content (AvgIpc) is 2.96. The molecular weight excluding hydrogens is 258 g/mol. The monoisotopic (exact) mass is 279 g/mol. The lowest BCUT2D eigenvalue weighted by Crippen LogP contribution is -2.40. The van der Waals surface area contributed by atoms with Crippen molar-refractivity contribution in [3.05, 3.63) is 23.7 Å². The number of aliphatic carboxylic acids is 1.